The molecule has 9 nitrogen and oxygen atoms in total. The van der Waals surface area contributed by atoms with Crippen molar-refractivity contribution in [3.8, 4) is 5.88 Å². The summed E-state index contributed by atoms with van der Waals surface area (Å²) in [5.74, 6) is -3.21. The molecule has 1 aromatic heterocycles. The SMILES string of the molecule is CCCCOc1cc(C(=O)NCCN(CC)CC)c2ccccc2n1.O=C(O)C(=O)O. The summed E-state index contributed by atoms with van der Waals surface area (Å²) in [6.45, 7) is 10.4. The smallest absolute Gasteiger partial charge is 0.414 e. The highest BCUT2D eigenvalue weighted by atomic mass is 16.5. The summed E-state index contributed by atoms with van der Waals surface area (Å²) in [5.41, 5.74) is 1.40. The van der Waals surface area contributed by atoms with Crippen LogP contribution in [0.5, 0.6) is 5.88 Å². The minimum Gasteiger partial charge on any atom is -0.478 e. The minimum atomic E-state index is -1.82. The largest absolute Gasteiger partial charge is 0.478 e. The fourth-order valence-corrected chi connectivity index (χ4v) is 2.70. The third-order valence-corrected chi connectivity index (χ3v) is 4.48. The second kappa shape index (κ2) is 13.9. The number of hydrogen-bond donors (Lipinski definition) is 3. The van der Waals surface area contributed by atoms with Gasteiger partial charge in [0, 0.05) is 24.5 Å². The van der Waals surface area contributed by atoms with E-state index >= 15 is 0 Å². The first-order valence-corrected chi connectivity index (χ1v) is 10.3. The second-order valence-electron chi connectivity index (χ2n) is 6.62. The zero-order valence-electron chi connectivity index (χ0n) is 18.3. The van der Waals surface area contributed by atoms with Gasteiger partial charge < -0.3 is 25.2 Å². The number of para-hydroxylation sites is 1. The fraction of sp³-hybridized carbons (Fsp3) is 0.455. The number of hydrogen-bond acceptors (Lipinski definition) is 6. The molecule has 2 rings (SSSR count). The Morgan fingerprint density at radius 3 is 2.29 bits per heavy atom. The van der Waals surface area contributed by atoms with E-state index in [1.807, 2.05) is 24.3 Å². The second-order valence-corrected chi connectivity index (χ2v) is 6.62. The highest BCUT2D eigenvalue weighted by Crippen LogP contribution is 2.22. The van der Waals surface area contributed by atoms with E-state index in [1.165, 1.54) is 0 Å². The lowest BCUT2D eigenvalue weighted by molar-refractivity contribution is -0.159. The predicted molar refractivity (Wildman–Crippen MR) is 118 cm³/mol. The number of carbonyl (C=O) groups is 3. The van der Waals surface area contributed by atoms with Crippen LogP contribution in [-0.4, -0.2) is 70.7 Å². The van der Waals surface area contributed by atoms with Crippen LogP contribution in [0.3, 0.4) is 0 Å². The zero-order valence-corrected chi connectivity index (χ0v) is 18.3. The average Bonchev–Trinajstić information content (AvgIpc) is 2.76. The molecule has 0 unspecified atom stereocenters. The lowest BCUT2D eigenvalue weighted by Crippen LogP contribution is -2.34. The number of nitrogens with one attached hydrogen (secondary N) is 1. The van der Waals surface area contributed by atoms with E-state index in [1.54, 1.807) is 6.07 Å². The number of nitrogens with zero attached hydrogens (tertiary/aromatic N) is 2. The van der Waals surface area contributed by atoms with Crippen molar-refractivity contribution in [2.45, 2.75) is 33.6 Å². The molecule has 1 aromatic carbocycles. The van der Waals surface area contributed by atoms with Gasteiger partial charge in [0.15, 0.2) is 0 Å². The maximum atomic E-state index is 12.7. The van der Waals surface area contributed by atoms with Crippen molar-refractivity contribution in [3.63, 3.8) is 0 Å². The number of carbonyl (C=O) groups excluding carboxylic acids is 1. The molecule has 0 atom stereocenters. The summed E-state index contributed by atoms with van der Waals surface area (Å²) in [5, 5.41) is 18.7. The summed E-state index contributed by atoms with van der Waals surface area (Å²) in [6, 6.07) is 9.44. The Labute approximate surface area is 182 Å². The Morgan fingerprint density at radius 2 is 1.71 bits per heavy atom. The van der Waals surface area contributed by atoms with Crippen LogP contribution in [0.25, 0.3) is 10.9 Å². The number of benzene rings is 1. The van der Waals surface area contributed by atoms with Crippen LogP contribution in [0.2, 0.25) is 0 Å². The third-order valence-electron chi connectivity index (χ3n) is 4.48. The predicted octanol–water partition coefficient (Wildman–Crippen LogP) is 2.64. The summed E-state index contributed by atoms with van der Waals surface area (Å²) < 4.78 is 5.72. The Hall–Kier alpha value is -3.20. The molecule has 2 aromatic rings. The van der Waals surface area contributed by atoms with Crippen LogP contribution in [0.1, 0.15) is 44.0 Å². The van der Waals surface area contributed by atoms with Gasteiger partial charge in [-0.2, -0.15) is 0 Å². The summed E-state index contributed by atoms with van der Waals surface area (Å²) in [4.78, 5) is 37.7. The number of pyridine rings is 1. The number of amides is 1. The van der Waals surface area contributed by atoms with Crippen molar-refractivity contribution < 1.29 is 29.3 Å². The number of likely N-dealkylation sites (N-methyl/N-ethyl adjacent to an activating group) is 1. The molecule has 0 fully saturated rings. The molecule has 1 amide bonds. The standard InChI is InChI=1S/C20H29N3O2.C2H2O4/c1-4-7-14-25-19-15-17(16-10-8-9-11-18(16)22-19)20(24)21-12-13-23(5-2)6-3;3-1(4)2(5)6/h8-11,15H,4-7,12-14H2,1-3H3,(H,21,24);(H,3,4)(H,5,6). The molecule has 9 heteroatoms. The van der Waals surface area contributed by atoms with Gasteiger partial charge in [0.2, 0.25) is 5.88 Å². The number of aliphatic carboxylic acids is 2. The van der Waals surface area contributed by atoms with Crippen LogP contribution in [0.15, 0.2) is 30.3 Å². The maximum Gasteiger partial charge on any atom is 0.414 e. The monoisotopic (exact) mass is 433 g/mol. The number of carboxylic acids is 2. The molecule has 0 aliphatic heterocycles. The quantitative estimate of drug-likeness (QED) is 0.385. The van der Waals surface area contributed by atoms with E-state index in [-0.39, 0.29) is 5.91 Å². The van der Waals surface area contributed by atoms with Gasteiger partial charge in [-0.3, -0.25) is 4.79 Å². The van der Waals surface area contributed by atoms with Crippen molar-refractivity contribution in [2.24, 2.45) is 0 Å². The number of fused-ring (bicyclic) bond motifs is 1. The molecule has 31 heavy (non-hydrogen) atoms. The number of ether oxygens (including phenoxy) is 1. The number of unbranched alkanes of at least 4 members (excludes halogenated alkanes) is 1. The average molecular weight is 434 g/mol. The molecule has 0 spiro atoms. The van der Waals surface area contributed by atoms with Gasteiger partial charge in [-0.25, -0.2) is 14.6 Å². The van der Waals surface area contributed by atoms with Gasteiger partial charge >= 0.3 is 11.9 Å². The Bertz CT molecular complexity index is 855. The summed E-state index contributed by atoms with van der Waals surface area (Å²) in [6.07, 6.45) is 2.03. The molecule has 170 valence electrons. The van der Waals surface area contributed by atoms with Crippen LogP contribution in [-0.2, 0) is 9.59 Å². The van der Waals surface area contributed by atoms with Crippen molar-refractivity contribution in [2.75, 3.05) is 32.8 Å². The third kappa shape index (κ3) is 9.00. The van der Waals surface area contributed by atoms with Gasteiger partial charge in [-0.15, -0.1) is 0 Å². The molecular formula is C22H31N3O6. The first kappa shape index (κ1) is 25.8. The molecule has 0 saturated carbocycles. The summed E-state index contributed by atoms with van der Waals surface area (Å²) in [7, 11) is 0. The van der Waals surface area contributed by atoms with Crippen LogP contribution >= 0.6 is 0 Å². The Kier molecular flexibility index (Phi) is 11.6. The van der Waals surface area contributed by atoms with Gasteiger partial charge in [-0.05, 0) is 25.6 Å². The minimum absolute atomic E-state index is 0.0777. The summed E-state index contributed by atoms with van der Waals surface area (Å²) >= 11 is 0. The molecular weight excluding hydrogens is 402 g/mol. The van der Waals surface area contributed by atoms with Crippen molar-refractivity contribution in [3.05, 3.63) is 35.9 Å². The molecule has 0 aliphatic rings. The van der Waals surface area contributed by atoms with Crippen LogP contribution < -0.4 is 10.1 Å². The first-order valence-electron chi connectivity index (χ1n) is 10.3. The van der Waals surface area contributed by atoms with E-state index in [9.17, 15) is 4.79 Å². The first-order chi connectivity index (χ1) is 14.8. The van der Waals surface area contributed by atoms with Gasteiger partial charge in [0.1, 0.15) is 0 Å². The topological polar surface area (TPSA) is 129 Å². The van der Waals surface area contributed by atoms with Gasteiger partial charge in [0.25, 0.3) is 5.91 Å². The highest BCUT2D eigenvalue weighted by molar-refractivity contribution is 6.27. The lowest BCUT2D eigenvalue weighted by Gasteiger charge is -2.18. The van der Waals surface area contributed by atoms with Crippen molar-refractivity contribution in [1.29, 1.82) is 0 Å². The van der Waals surface area contributed by atoms with Crippen molar-refractivity contribution in [1.82, 2.24) is 15.2 Å². The number of rotatable bonds is 10. The molecule has 0 aliphatic carbocycles. The highest BCUT2D eigenvalue weighted by Gasteiger charge is 2.13. The molecule has 0 radical (unpaired) electrons. The maximum absolute atomic E-state index is 12.7. The lowest BCUT2D eigenvalue weighted by atomic mass is 10.1. The molecule has 1 heterocycles. The normalized spacial score (nSPS) is 10.3. The zero-order chi connectivity index (χ0) is 23.2. The van der Waals surface area contributed by atoms with Gasteiger partial charge in [0.05, 0.1) is 17.7 Å². The van der Waals surface area contributed by atoms with Crippen LogP contribution in [0, 0.1) is 0 Å². The van der Waals surface area contributed by atoms with E-state index in [4.69, 9.17) is 24.5 Å². The molecule has 0 saturated heterocycles. The van der Waals surface area contributed by atoms with Crippen molar-refractivity contribution >= 4 is 28.7 Å². The van der Waals surface area contributed by atoms with E-state index in [0.29, 0.717) is 24.6 Å². The fourth-order valence-electron chi connectivity index (χ4n) is 2.70. The molecule has 3 N–H and O–H groups in total. The van der Waals surface area contributed by atoms with E-state index in [0.717, 1.165) is 43.4 Å². The van der Waals surface area contributed by atoms with E-state index in [2.05, 4.69) is 36.0 Å². The number of aromatic nitrogens is 1. The Morgan fingerprint density at radius 1 is 1.06 bits per heavy atom. The van der Waals surface area contributed by atoms with Crippen LogP contribution in [0.4, 0.5) is 0 Å². The van der Waals surface area contributed by atoms with E-state index < -0.39 is 11.9 Å². The Balaban J connectivity index is 0.000000703. The van der Waals surface area contributed by atoms with Gasteiger partial charge in [-0.1, -0.05) is 45.4 Å². The molecule has 0 bridgehead atoms. The number of carboxylic acid groups (broad SMARTS) is 2.